The van der Waals surface area contributed by atoms with Crippen LogP contribution in [0.5, 0.6) is 5.75 Å². The monoisotopic (exact) mass is 363 g/mol. The standard InChI is InChI=1S/C20H13NO4S/c22-18(16-11-6-12-26-16)17-14-9-4-5-10-15(14)21(19(17)23)20(24)25-13-7-2-1-3-8-13/h1-12,17H. The van der Waals surface area contributed by atoms with Crippen molar-refractivity contribution in [3.8, 4) is 5.75 Å². The van der Waals surface area contributed by atoms with Crippen molar-refractivity contribution < 1.29 is 19.1 Å². The Morgan fingerprint density at radius 3 is 2.38 bits per heavy atom. The minimum Gasteiger partial charge on any atom is -0.410 e. The van der Waals surface area contributed by atoms with E-state index in [1.807, 2.05) is 0 Å². The van der Waals surface area contributed by atoms with Crippen molar-refractivity contribution in [1.82, 2.24) is 0 Å². The van der Waals surface area contributed by atoms with Gasteiger partial charge in [0.05, 0.1) is 10.6 Å². The van der Waals surface area contributed by atoms with E-state index in [4.69, 9.17) is 4.74 Å². The number of hydrogen-bond acceptors (Lipinski definition) is 5. The molecule has 26 heavy (non-hydrogen) atoms. The average molecular weight is 363 g/mol. The number of imide groups is 1. The Hall–Kier alpha value is -3.25. The van der Waals surface area contributed by atoms with Crippen molar-refractivity contribution in [2.24, 2.45) is 0 Å². The molecule has 0 radical (unpaired) electrons. The fourth-order valence-corrected chi connectivity index (χ4v) is 3.65. The molecule has 2 heterocycles. The molecule has 1 atom stereocenters. The van der Waals surface area contributed by atoms with Crippen LogP contribution in [0.4, 0.5) is 10.5 Å². The number of fused-ring (bicyclic) bond motifs is 1. The van der Waals surface area contributed by atoms with Crippen LogP contribution >= 0.6 is 11.3 Å². The quantitative estimate of drug-likeness (QED) is 0.515. The first-order chi connectivity index (χ1) is 12.7. The molecule has 2 aromatic carbocycles. The highest BCUT2D eigenvalue weighted by atomic mass is 32.1. The van der Waals surface area contributed by atoms with Gasteiger partial charge in [-0.3, -0.25) is 9.59 Å². The number of benzene rings is 2. The van der Waals surface area contributed by atoms with E-state index in [1.54, 1.807) is 72.1 Å². The summed E-state index contributed by atoms with van der Waals surface area (Å²) in [5.41, 5.74) is 0.897. The topological polar surface area (TPSA) is 63.7 Å². The number of rotatable bonds is 3. The van der Waals surface area contributed by atoms with Gasteiger partial charge in [-0.2, -0.15) is 0 Å². The van der Waals surface area contributed by atoms with Crippen molar-refractivity contribution in [3.63, 3.8) is 0 Å². The number of para-hydroxylation sites is 2. The van der Waals surface area contributed by atoms with Gasteiger partial charge in [0.2, 0.25) is 0 Å². The van der Waals surface area contributed by atoms with Gasteiger partial charge in [-0.25, -0.2) is 9.69 Å². The molecule has 2 amide bonds. The van der Waals surface area contributed by atoms with Gasteiger partial charge >= 0.3 is 6.09 Å². The number of Topliss-reactive ketones (excluding diaryl/α,β-unsaturated/α-hetero) is 1. The maximum atomic E-state index is 12.9. The van der Waals surface area contributed by atoms with E-state index in [9.17, 15) is 14.4 Å². The van der Waals surface area contributed by atoms with Gasteiger partial charge in [0, 0.05) is 0 Å². The molecular formula is C20H13NO4S. The largest absolute Gasteiger partial charge is 0.426 e. The van der Waals surface area contributed by atoms with Gasteiger partial charge in [-0.1, -0.05) is 42.5 Å². The summed E-state index contributed by atoms with van der Waals surface area (Å²) in [4.78, 5) is 39.8. The fraction of sp³-hybridized carbons (Fsp3) is 0.0500. The van der Waals surface area contributed by atoms with E-state index in [0.29, 0.717) is 21.9 Å². The van der Waals surface area contributed by atoms with Crippen LogP contribution in [0.25, 0.3) is 0 Å². The number of thiophene rings is 1. The third-order valence-corrected chi connectivity index (χ3v) is 5.00. The molecule has 0 saturated heterocycles. The zero-order chi connectivity index (χ0) is 18.1. The fourth-order valence-electron chi connectivity index (χ4n) is 2.95. The number of nitrogens with zero attached hydrogens (tertiary/aromatic N) is 1. The first-order valence-corrected chi connectivity index (χ1v) is 8.82. The lowest BCUT2D eigenvalue weighted by atomic mass is 9.95. The van der Waals surface area contributed by atoms with Crippen molar-refractivity contribution in [3.05, 3.63) is 82.6 Å². The predicted molar refractivity (Wildman–Crippen MR) is 97.8 cm³/mol. The molecular weight excluding hydrogens is 350 g/mol. The SMILES string of the molecule is O=C(c1cccs1)C1C(=O)N(C(=O)Oc2ccccc2)c2ccccc21. The summed E-state index contributed by atoms with van der Waals surface area (Å²) in [5, 5.41) is 1.78. The molecule has 3 aromatic rings. The number of anilines is 1. The lowest BCUT2D eigenvalue weighted by molar-refractivity contribution is -0.117. The molecule has 1 unspecified atom stereocenters. The van der Waals surface area contributed by atoms with Crippen molar-refractivity contribution in [1.29, 1.82) is 0 Å². The lowest BCUT2D eigenvalue weighted by Crippen LogP contribution is -2.38. The Balaban J connectivity index is 1.69. The molecule has 1 aromatic heterocycles. The van der Waals surface area contributed by atoms with Crippen molar-refractivity contribution in [2.75, 3.05) is 4.90 Å². The molecule has 1 aliphatic heterocycles. The number of carbonyl (C=O) groups excluding carboxylic acids is 3. The molecule has 0 aliphatic carbocycles. The zero-order valence-corrected chi connectivity index (χ0v) is 14.3. The minimum atomic E-state index is -1.03. The minimum absolute atomic E-state index is 0.313. The van der Waals surface area contributed by atoms with Crippen LogP contribution in [0.2, 0.25) is 0 Å². The summed E-state index contributed by atoms with van der Waals surface area (Å²) in [7, 11) is 0. The zero-order valence-electron chi connectivity index (χ0n) is 13.5. The number of carbonyl (C=O) groups is 3. The predicted octanol–water partition coefficient (Wildman–Crippen LogP) is 4.26. The van der Waals surface area contributed by atoms with E-state index in [2.05, 4.69) is 0 Å². The summed E-state index contributed by atoms with van der Waals surface area (Å²) in [6, 6.07) is 18.7. The van der Waals surface area contributed by atoms with Crippen LogP contribution in [0.3, 0.4) is 0 Å². The van der Waals surface area contributed by atoms with Gasteiger partial charge in [0.15, 0.2) is 5.78 Å². The van der Waals surface area contributed by atoms with Crippen LogP contribution in [0.15, 0.2) is 72.1 Å². The van der Waals surface area contributed by atoms with E-state index < -0.39 is 17.9 Å². The lowest BCUT2D eigenvalue weighted by Gasteiger charge is -2.15. The summed E-state index contributed by atoms with van der Waals surface area (Å²) in [6.07, 6.45) is -0.824. The van der Waals surface area contributed by atoms with E-state index >= 15 is 0 Å². The highest BCUT2D eigenvalue weighted by Gasteiger charge is 2.45. The highest BCUT2D eigenvalue weighted by Crippen LogP contribution is 2.40. The van der Waals surface area contributed by atoms with Gasteiger partial charge in [-0.05, 0) is 35.2 Å². The molecule has 0 saturated carbocycles. The Morgan fingerprint density at radius 2 is 1.65 bits per heavy atom. The second-order valence-electron chi connectivity index (χ2n) is 5.69. The van der Waals surface area contributed by atoms with E-state index in [1.165, 1.54) is 11.3 Å². The van der Waals surface area contributed by atoms with Crippen LogP contribution in [-0.2, 0) is 4.79 Å². The first kappa shape index (κ1) is 16.2. The van der Waals surface area contributed by atoms with Crippen molar-refractivity contribution in [2.45, 2.75) is 5.92 Å². The Kier molecular flexibility index (Phi) is 4.10. The van der Waals surface area contributed by atoms with Gasteiger partial charge in [0.1, 0.15) is 11.7 Å². The van der Waals surface area contributed by atoms with Crippen molar-refractivity contribution >= 4 is 34.8 Å². The van der Waals surface area contributed by atoms with Gasteiger partial charge in [-0.15, -0.1) is 11.3 Å². The normalized spacial score (nSPS) is 15.6. The molecule has 4 rings (SSSR count). The first-order valence-electron chi connectivity index (χ1n) is 7.94. The number of ether oxygens (including phenoxy) is 1. The number of ketones is 1. The van der Waals surface area contributed by atoms with Gasteiger partial charge in [0.25, 0.3) is 5.91 Å². The summed E-state index contributed by atoms with van der Waals surface area (Å²) in [5.74, 6) is -1.61. The second kappa shape index (κ2) is 6.57. The average Bonchev–Trinajstić information content (AvgIpc) is 3.28. The summed E-state index contributed by atoms with van der Waals surface area (Å²) in [6.45, 7) is 0. The molecule has 5 nitrogen and oxygen atoms in total. The summed E-state index contributed by atoms with van der Waals surface area (Å²) < 4.78 is 5.30. The molecule has 6 heteroatoms. The molecule has 0 bridgehead atoms. The third kappa shape index (κ3) is 2.70. The van der Waals surface area contributed by atoms with Crippen LogP contribution in [0, 0.1) is 0 Å². The molecule has 0 fully saturated rings. The number of hydrogen-bond donors (Lipinski definition) is 0. The maximum Gasteiger partial charge on any atom is 0.426 e. The molecule has 1 aliphatic rings. The van der Waals surface area contributed by atoms with Crippen LogP contribution < -0.4 is 9.64 Å². The Morgan fingerprint density at radius 1 is 0.923 bits per heavy atom. The van der Waals surface area contributed by atoms with Gasteiger partial charge < -0.3 is 4.74 Å². The Labute approximate surface area is 153 Å². The summed E-state index contributed by atoms with van der Waals surface area (Å²) >= 11 is 1.27. The van der Waals surface area contributed by atoms with E-state index in [-0.39, 0.29) is 5.78 Å². The second-order valence-corrected chi connectivity index (χ2v) is 6.64. The Bertz CT molecular complexity index is 982. The third-order valence-electron chi connectivity index (χ3n) is 4.11. The maximum absolute atomic E-state index is 12.9. The smallest absolute Gasteiger partial charge is 0.410 e. The molecule has 0 spiro atoms. The van der Waals surface area contributed by atoms with Crippen LogP contribution in [0.1, 0.15) is 21.2 Å². The molecule has 128 valence electrons. The van der Waals surface area contributed by atoms with Crippen LogP contribution in [-0.4, -0.2) is 17.8 Å². The molecule has 0 N–H and O–H groups in total. The number of amides is 2. The van der Waals surface area contributed by atoms with E-state index in [0.717, 1.165) is 4.90 Å². The highest BCUT2D eigenvalue weighted by molar-refractivity contribution is 7.12.